The minimum absolute atomic E-state index is 0.0187. The molecule has 0 unspecified atom stereocenters. The van der Waals surface area contributed by atoms with Gasteiger partial charge in [-0.15, -0.1) is 0 Å². The van der Waals surface area contributed by atoms with E-state index < -0.39 is 0 Å². The number of carbonyl (C=O) groups is 2. The molecular formula is C40H38Cl2N8O2. The summed E-state index contributed by atoms with van der Waals surface area (Å²) in [6, 6.07) is 27.2. The van der Waals surface area contributed by atoms with Crippen LogP contribution < -0.4 is 15.5 Å². The van der Waals surface area contributed by atoms with Gasteiger partial charge in [0.2, 0.25) is 0 Å². The highest BCUT2D eigenvalue weighted by Crippen LogP contribution is 2.42. The highest BCUT2D eigenvalue weighted by Gasteiger charge is 2.32. The fourth-order valence-electron chi connectivity index (χ4n) is 7.51. The van der Waals surface area contributed by atoms with Gasteiger partial charge in [-0.3, -0.25) is 4.79 Å². The highest BCUT2D eigenvalue weighted by molar-refractivity contribution is 6.31. The van der Waals surface area contributed by atoms with E-state index >= 15 is 0 Å². The summed E-state index contributed by atoms with van der Waals surface area (Å²) in [6.45, 7) is 5.05. The highest BCUT2D eigenvalue weighted by atomic mass is 35.5. The Morgan fingerprint density at radius 3 is 2.46 bits per heavy atom. The monoisotopic (exact) mass is 732 g/mol. The first-order chi connectivity index (χ1) is 25.4. The number of amides is 3. The van der Waals surface area contributed by atoms with Crippen LogP contribution in [0, 0.1) is 0 Å². The predicted octanol–water partition coefficient (Wildman–Crippen LogP) is 8.65. The lowest BCUT2D eigenvalue weighted by molar-refractivity contribution is 0.102. The molecular weight excluding hydrogens is 695 g/mol. The number of fused-ring (bicyclic) bond motifs is 1. The fourth-order valence-corrected chi connectivity index (χ4v) is 7.81. The number of rotatable bonds is 8. The van der Waals surface area contributed by atoms with Crippen LogP contribution in [0.5, 0.6) is 0 Å². The van der Waals surface area contributed by atoms with E-state index in [2.05, 4.69) is 32.0 Å². The van der Waals surface area contributed by atoms with Crippen LogP contribution in [-0.4, -0.2) is 68.6 Å². The van der Waals surface area contributed by atoms with Crippen LogP contribution in [0.3, 0.4) is 0 Å². The van der Waals surface area contributed by atoms with Crippen molar-refractivity contribution in [3.05, 3.63) is 119 Å². The number of anilines is 2. The summed E-state index contributed by atoms with van der Waals surface area (Å²) in [5.41, 5.74) is 5.94. The van der Waals surface area contributed by atoms with Gasteiger partial charge in [0.25, 0.3) is 5.91 Å². The molecule has 10 nitrogen and oxygen atoms in total. The number of halogens is 2. The van der Waals surface area contributed by atoms with Crippen molar-refractivity contribution >= 4 is 57.5 Å². The van der Waals surface area contributed by atoms with Gasteiger partial charge in [0, 0.05) is 70.5 Å². The summed E-state index contributed by atoms with van der Waals surface area (Å²) in [5, 5.41) is 8.23. The molecule has 1 atom stereocenters. The molecule has 8 rings (SSSR count). The minimum Gasteiger partial charge on any atom is -0.355 e. The van der Waals surface area contributed by atoms with Crippen molar-refractivity contribution < 1.29 is 9.59 Å². The summed E-state index contributed by atoms with van der Waals surface area (Å²) in [6.07, 6.45) is 6.18. The molecule has 0 radical (unpaired) electrons. The maximum Gasteiger partial charge on any atom is 0.317 e. The number of urea groups is 1. The maximum absolute atomic E-state index is 14.6. The van der Waals surface area contributed by atoms with Crippen molar-refractivity contribution in [3.63, 3.8) is 0 Å². The van der Waals surface area contributed by atoms with Gasteiger partial charge in [0.1, 0.15) is 5.69 Å². The van der Waals surface area contributed by atoms with Gasteiger partial charge < -0.3 is 30.0 Å². The minimum atomic E-state index is -0.317. The number of pyridine rings is 1. The first-order valence-corrected chi connectivity index (χ1v) is 18.4. The molecule has 264 valence electrons. The molecule has 3 aromatic carbocycles. The summed E-state index contributed by atoms with van der Waals surface area (Å²) >= 11 is 12.8. The number of hydrogen-bond donors (Lipinski definition) is 3. The Bertz CT molecular complexity index is 2240. The average molecular weight is 734 g/mol. The van der Waals surface area contributed by atoms with Gasteiger partial charge >= 0.3 is 6.03 Å². The number of hydrogen-bond acceptors (Lipinski definition) is 5. The first-order valence-electron chi connectivity index (χ1n) is 17.6. The second kappa shape index (κ2) is 14.4. The average Bonchev–Trinajstić information content (AvgIpc) is 3.77. The standard InChI is InChI=1S/C40H38Cl2N8O2/c1-25(26-10-12-28(41)13-11-26)50-24-45-35(27-7-3-2-4-8-27)37(50)34-31-15-14-29(42)23-33(31)46-36(34)39(51)47-32-9-5-18-43-38(32)48-21-16-30(17-22-48)49-20-6-19-44-40(49)52/h2-5,7-15,18,23-25,30,46H,6,16-17,19-22H2,1H3,(H,44,52)(H,47,51)/t25-/m0/s1. The normalized spacial score (nSPS) is 15.9. The Kier molecular flexibility index (Phi) is 9.34. The number of carbonyl (C=O) groups excluding carboxylic acids is 2. The SMILES string of the molecule is C[C@@H](c1ccc(Cl)cc1)n1cnc(-c2ccccc2)c1-c1c(C(=O)Nc2cccnc2N2CCC(N3CCCNC3=O)CC2)[nH]c2cc(Cl)ccc12. The fraction of sp³-hybridized carbons (Fsp3) is 0.250. The molecule has 12 heteroatoms. The topological polar surface area (TPSA) is 111 Å². The molecule has 3 amide bonds. The summed E-state index contributed by atoms with van der Waals surface area (Å²) in [4.78, 5) is 44.4. The van der Waals surface area contributed by atoms with Crippen LogP contribution in [0.15, 0.2) is 97.5 Å². The number of piperidine rings is 1. The lowest BCUT2D eigenvalue weighted by Crippen LogP contribution is -2.54. The van der Waals surface area contributed by atoms with Crippen molar-refractivity contribution in [2.45, 2.75) is 38.3 Å². The first kappa shape index (κ1) is 33.8. The second-order valence-corrected chi connectivity index (χ2v) is 14.2. The van der Waals surface area contributed by atoms with Crippen LogP contribution in [0.1, 0.15) is 48.3 Å². The molecule has 2 aliphatic rings. The molecule has 2 saturated heterocycles. The Labute approximate surface area is 311 Å². The van der Waals surface area contributed by atoms with Crippen LogP contribution >= 0.6 is 23.2 Å². The molecule has 0 bridgehead atoms. The summed E-state index contributed by atoms with van der Waals surface area (Å²) in [7, 11) is 0. The van der Waals surface area contributed by atoms with Crippen molar-refractivity contribution in [3.8, 4) is 22.5 Å². The second-order valence-electron chi connectivity index (χ2n) is 13.3. The van der Waals surface area contributed by atoms with Crippen molar-refractivity contribution in [2.75, 3.05) is 36.4 Å². The number of aromatic amines is 1. The van der Waals surface area contributed by atoms with E-state index in [9.17, 15) is 9.59 Å². The Morgan fingerprint density at radius 2 is 1.69 bits per heavy atom. The van der Waals surface area contributed by atoms with Crippen LogP contribution in [-0.2, 0) is 0 Å². The summed E-state index contributed by atoms with van der Waals surface area (Å²) in [5.74, 6) is 0.381. The van der Waals surface area contributed by atoms with E-state index in [-0.39, 0.29) is 24.0 Å². The lowest BCUT2D eigenvalue weighted by Gasteiger charge is -2.40. The molecule has 3 aromatic heterocycles. The maximum atomic E-state index is 14.6. The molecule has 2 fully saturated rings. The molecule has 0 aliphatic carbocycles. The number of imidazole rings is 1. The molecule has 2 aliphatic heterocycles. The van der Waals surface area contributed by atoms with Gasteiger partial charge in [0.15, 0.2) is 5.82 Å². The Balaban J connectivity index is 1.18. The molecule has 0 spiro atoms. The van der Waals surface area contributed by atoms with E-state index in [1.165, 1.54) is 0 Å². The summed E-state index contributed by atoms with van der Waals surface area (Å²) < 4.78 is 2.11. The van der Waals surface area contributed by atoms with E-state index in [4.69, 9.17) is 33.2 Å². The van der Waals surface area contributed by atoms with Gasteiger partial charge in [-0.1, -0.05) is 71.7 Å². The van der Waals surface area contributed by atoms with Crippen LogP contribution in [0.2, 0.25) is 10.0 Å². The smallest absolute Gasteiger partial charge is 0.317 e. The van der Waals surface area contributed by atoms with Crippen molar-refractivity contribution in [2.24, 2.45) is 0 Å². The van der Waals surface area contributed by atoms with Crippen LogP contribution in [0.4, 0.5) is 16.3 Å². The quantitative estimate of drug-likeness (QED) is 0.145. The van der Waals surface area contributed by atoms with Gasteiger partial charge in [-0.2, -0.15) is 0 Å². The zero-order chi connectivity index (χ0) is 35.8. The molecule has 3 N–H and O–H groups in total. The van der Waals surface area contributed by atoms with Gasteiger partial charge in [0.05, 0.1) is 29.4 Å². The zero-order valence-corrected chi connectivity index (χ0v) is 30.2. The number of benzene rings is 3. The number of aromatic nitrogens is 4. The predicted molar refractivity (Wildman–Crippen MR) is 207 cm³/mol. The third-order valence-electron chi connectivity index (χ3n) is 10.2. The van der Waals surface area contributed by atoms with Crippen LogP contribution in [0.25, 0.3) is 33.4 Å². The number of nitrogens with one attached hydrogen (secondary N) is 3. The van der Waals surface area contributed by atoms with Crippen molar-refractivity contribution in [1.82, 2.24) is 29.7 Å². The third-order valence-corrected chi connectivity index (χ3v) is 10.7. The van der Waals surface area contributed by atoms with E-state index in [1.54, 1.807) is 6.20 Å². The number of nitrogens with zero attached hydrogens (tertiary/aromatic N) is 5. The molecule has 0 saturated carbocycles. The van der Waals surface area contributed by atoms with Gasteiger partial charge in [-0.05, 0) is 68.1 Å². The van der Waals surface area contributed by atoms with Gasteiger partial charge in [-0.25, -0.2) is 14.8 Å². The lowest BCUT2D eigenvalue weighted by atomic mass is 9.99. The largest absolute Gasteiger partial charge is 0.355 e. The van der Waals surface area contributed by atoms with Crippen molar-refractivity contribution in [1.29, 1.82) is 0 Å². The zero-order valence-electron chi connectivity index (χ0n) is 28.7. The Hall–Kier alpha value is -5.32. The van der Waals surface area contributed by atoms with E-state index in [0.717, 1.165) is 65.8 Å². The van der Waals surface area contributed by atoms with E-state index in [1.807, 2.05) is 96.2 Å². The number of H-pyrrole nitrogens is 1. The molecule has 52 heavy (non-hydrogen) atoms. The Morgan fingerprint density at radius 1 is 0.923 bits per heavy atom. The molecule has 6 aromatic rings. The molecule has 5 heterocycles. The third kappa shape index (κ3) is 6.48. The van der Waals surface area contributed by atoms with E-state index in [0.29, 0.717) is 45.9 Å².